The largest absolute Gasteiger partial charge is 0.479 e. The normalized spacial score (nSPS) is 12.1. The van der Waals surface area contributed by atoms with E-state index in [1.165, 1.54) is 0 Å². The van der Waals surface area contributed by atoms with Crippen LogP contribution in [0.1, 0.15) is 19.4 Å². The van der Waals surface area contributed by atoms with Gasteiger partial charge in [-0.2, -0.15) is 0 Å². The van der Waals surface area contributed by atoms with Crippen LogP contribution in [0.4, 0.5) is 0 Å². The van der Waals surface area contributed by atoms with Crippen LogP contribution in [0, 0.1) is 6.92 Å². The van der Waals surface area contributed by atoms with Gasteiger partial charge in [-0.05, 0) is 38.5 Å². The Labute approximate surface area is 118 Å². The molecule has 0 bridgehead atoms. The predicted octanol–water partition coefficient (Wildman–Crippen LogP) is 2.26. The minimum Gasteiger partial charge on any atom is -0.479 e. The number of likely N-dealkylation sites (N-methyl/N-ethyl adjacent to an activating group) is 1. The quantitative estimate of drug-likeness (QED) is 0.872. The molecule has 0 aliphatic carbocycles. The van der Waals surface area contributed by atoms with Crippen LogP contribution in [0.2, 0.25) is 5.02 Å². The van der Waals surface area contributed by atoms with Crippen molar-refractivity contribution in [2.45, 2.75) is 26.9 Å². The molecule has 0 aromatic heterocycles. The minimum atomic E-state index is -0.634. The van der Waals surface area contributed by atoms with Crippen LogP contribution in [-0.4, -0.2) is 41.7 Å². The van der Waals surface area contributed by atoms with Crippen LogP contribution in [-0.2, 0) is 4.79 Å². The van der Waals surface area contributed by atoms with Crippen molar-refractivity contribution in [2.75, 3.05) is 19.7 Å². The van der Waals surface area contributed by atoms with Gasteiger partial charge < -0.3 is 14.7 Å². The Kier molecular flexibility index (Phi) is 6.12. The van der Waals surface area contributed by atoms with Gasteiger partial charge in [0.05, 0.1) is 11.6 Å². The molecule has 1 amide bonds. The second kappa shape index (κ2) is 7.36. The van der Waals surface area contributed by atoms with Gasteiger partial charge in [-0.25, -0.2) is 0 Å². The van der Waals surface area contributed by atoms with E-state index in [4.69, 9.17) is 21.4 Å². The smallest absolute Gasteiger partial charge is 0.263 e. The summed E-state index contributed by atoms with van der Waals surface area (Å²) in [6.07, 6.45) is -0.634. The van der Waals surface area contributed by atoms with Gasteiger partial charge in [0.2, 0.25) is 0 Å². The van der Waals surface area contributed by atoms with Gasteiger partial charge in [-0.3, -0.25) is 4.79 Å². The maximum Gasteiger partial charge on any atom is 0.263 e. The molecule has 4 nitrogen and oxygen atoms in total. The molecule has 0 heterocycles. The van der Waals surface area contributed by atoms with E-state index in [1.54, 1.807) is 24.0 Å². The highest BCUT2D eigenvalue weighted by Gasteiger charge is 2.21. The number of aliphatic hydroxyl groups excluding tert-OH is 1. The number of carbonyl (C=O) groups is 1. The molecule has 5 heteroatoms. The van der Waals surface area contributed by atoms with Gasteiger partial charge in [-0.15, -0.1) is 0 Å². The van der Waals surface area contributed by atoms with Crippen LogP contribution < -0.4 is 4.74 Å². The summed E-state index contributed by atoms with van der Waals surface area (Å²) >= 11 is 6.03. The molecule has 0 fully saturated rings. The van der Waals surface area contributed by atoms with Crippen LogP contribution in [0.3, 0.4) is 0 Å². The number of hydrogen-bond acceptors (Lipinski definition) is 3. The molecular weight excluding hydrogens is 266 g/mol. The van der Waals surface area contributed by atoms with Crippen molar-refractivity contribution in [2.24, 2.45) is 0 Å². The van der Waals surface area contributed by atoms with E-state index >= 15 is 0 Å². The first kappa shape index (κ1) is 15.8. The van der Waals surface area contributed by atoms with Crippen molar-refractivity contribution in [3.8, 4) is 5.75 Å². The van der Waals surface area contributed by atoms with Crippen molar-refractivity contribution < 1.29 is 14.6 Å². The number of amides is 1. The van der Waals surface area contributed by atoms with E-state index in [2.05, 4.69) is 0 Å². The summed E-state index contributed by atoms with van der Waals surface area (Å²) in [5.41, 5.74) is 1.02. The molecule has 1 rings (SSSR count). The third kappa shape index (κ3) is 4.40. The molecule has 0 spiro atoms. The van der Waals surface area contributed by atoms with Gasteiger partial charge in [-0.1, -0.05) is 17.7 Å². The topological polar surface area (TPSA) is 49.8 Å². The molecule has 106 valence electrons. The summed E-state index contributed by atoms with van der Waals surface area (Å²) in [5, 5.41) is 9.39. The lowest BCUT2D eigenvalue weighted by Crippen LogP contribution is -2.41. The summed E-state index contributed by atoms with van der Waals surface area (Å²) in [7, 11) is 0. The van der Waals surface area contributed by atoms with E-state index in [9.17, 15) is 4.79 Å². The van der Waals surface area contributed by atoms with Crippen LogP contribution >= 0.6 is 11.6 Å². The van der Waals surface area contributed by atoms with Gasteiger partial charge in [0.15, 0.2) is 6.10 Å². The third-order valence-corrected chi connectivity index (χ3v) is 3.11. The maximum atomic E-state index is 12.1. The summed E-state index contributed by atoms with van der Waals surface area (Å²) in [4.78, 5) is 13.7. The highest BCUT2D eigenvalue weighted by molar-refractivity contribution is 6.32. The van der Waals surface area contributed by atoms with Crippen molar-refractivity contribution in [1.29, 1.82) is 0 Å². The molecular formula is C14H20ClNO3. The van der Waals surface area contributed by atoms with Crippen molar-refractivity contribution in [1.82, 2.24) is 4.90 Å². The highest BCUT2D eigenvalue weighted by atomic mass is 35.5. The number of ether oxygens (including phenoxy) is 1. The zero-order valence-electron chi connectivity index (χ0n) is 11.5. The Morgan fingerprint density at radius 3 is 2.79 bits per heavy atom. The third-order valence-electron chi connectivity index (χ3n) is 2.80. The number of benzene rings is 1. The zero-order chi connectivity index (χ0) is 14.4. The predicted molar refractivity (Wildman–Crippen MR) is 75.6 cm³/mol. The van der Waals surface area contributed by atoms with Crippen molar-refractivity contribution >= 4 is 17.5 Å². The Morgan fingerprint density at radius 1 is 1.53 bits per heavy atom. The number of aryl methyl sites for hydroxylation is 1. The van der Waals surface area contributed by atoms with Gasteiger partial charge in [0, 0.05) is 13.1 Å². The van der Waals surface area contributed by atoms with E-state index in [-0.39, 0.29) is 12.5 Å². The molecule has 0 radical (unpaired) electrons. The van der Waals surface area contributed by atoms with Crippen LogP contribution in [0.5, 0.6) is 5.75 Å². The standard InChI is InChI=1S/C14H20ClNO3/c1-4-16(7-8-17)14(18)11(3)19-13-9-10(2)5-6-12(13)15/h5-6,9,11,17H,4,7-8H2,1-3H3/t11-/m0/s1. The molecule has 0 unspecified atom stereocenters. The molecule has 0 saturated carbocycles. The molecule has 1 N–H and O–H groups in total. The summed E-state index contributed by atoms with van der Waals surface area (Å²) < 4.78 is 5.61. The zero-order valence-corrected chi connectivity index (χ0v) is 12.3. The molecule has 19 heavy (non-hydrogen) atoms. The SMILES string of the molecule is CCN(CCO)C(=O)[C@H](C)Oc1cc(C)ccc1Cl. The molecule has 0 saturated heterocycles. The fraction of sp³-hybridized carbons (Fsp3) is 0.500. The minimum absolute atomic E-state index is 0.0580. The Hall–Kier alpha value is -1.26. The molecule has 0 aliphatic rings. The molecule has 1 atom stereocenters. The first-order chi connectivity index (χ1) is 8.99. The van der Waals surface area contributed by atoms with Gasteiger partial charge in [0.25, 0.3) is 5.91 Å². The van der Waals surface area contributed by atoms with E-state index in [0.717, 1.165) is 5.56 Å². The van der Waals surface area contributed by atoms with Crippen LogP contribution in [0.25, 0.3) is 0 Å². The number of halogens is 1. The average Bonchev–Trinajstić information content (AvgIpc) is 2.39. The highest BCUT2D eigenvalue weighted by Crippen LogP contribution is 2.26. The molecule has 1 aromatic rings. The van der Waals surface area contributed by atoms with Crippen LogP contribution in [0.15, 0.2) is 18.2 Å². The number of nitrogens with zero attached hydrogens (tertiary/aromatic N) is 1. The Bertz CT molecular complexity index is 437. The summed E-state index contributed by atoms with van der Waals surface area (Å²) in [6, 6.07) is 5.43. The Balaban J connectivity index is 2.75. The maximum absolute atomic E-state index is 12.1. The second-order valence-corrected chi connectivity index (χ2v) is 4.74. The lowest BCUT2D eigenvalue weighted by molar-refractivity contribution is -0.138. The number of aliphatic hydroxyl groups is 1. The first-order valence-corrected chi connectivity index (χ1v) is 6.69. The second-order valence-electron chi connectivity index (χ2n) is 4.34. The van der Waals surface area contributed by atoms with E-state index in [1.807, 2.05) is 19.9 Å². The number of rotatable bonds is 6. The van der Waals surface area contributed by atoms with E-state index < -0.39 is 6.10 Å². The monoisotopic (exact) mass is 285 g/mol. The summed E-state index contributed by atoms with van der Waals surface area (Å²) in [6.45, 7) is 6.26. The first-order valence-electron chi connectivity index (χ1n) is 6.32. The molecule has 1 aromatic carbocycles. The number of hydrogen-bond donors (Lipinski definition) is 1. The van der Waals surface area contributed by atoms with Crippen molar-refractivity contribution in [3.63, 3.8) is 0 Å². The lowest BCUT2D eigenvalue weighted by Gasteiger charge is -2.24. The lowest BCUT2D eigenvalue weighted by atomic mass is 10.2. The van der Waals surface area contributed by atoms with Gasteiger partial charge >= 0.3 is 0 Å². The fourth-order valence-electron chi connectivity index (χ4n) is 1.74. The Morgan fingerprint density at radius 2 is 2.21 bits per heavy atom. The number of carbonyl (C=O) groups excluding carboxylic acids is 1. The average molecular weight is 286 g/mol. The summed E-state index contributed by atoms with van der Waals surface area (Å²) in [5.74, 6) is 0.344. The molecule has 0 aliphatic heterocycles. The van der Waals surface area contributed by atoms with Gasteiger partial charge in [0.1, 0.15) is 5.75 Å². The van der Waals surface area contributed by atoms with Crippen molar-refractivity contribution in [3.05, 3.63) is 28.8 Å². The van der Waals surface area contributed by atoms with E-state index in [0.29, 0.717) is 23.9 Å². The fourth-order valence-corrected chi connectivity index (χ4v) is 1.91.